The van der Waals surface area contributed by atoms with Crippen LogP contribution in [0.15, 0.2) is 48.6 Å². The third kappa shape index (κ3) is 11.3. The Kier molecular flexibility index (Phi) is 15.4. The van der Waals surface area contributed by atoms with E-state index in [1.807, 2.05) is 0 Å². The summed E-state index contributed by atoms with van der Waals surface area (Å²) in [7, 11) is 2.85. The molecule has 2 atom stereocenters. The maximum absolute atomic E-state index is 12.3. The third-order valence-corrected chi connectivity index (χ3v) is 4.84. The van der Waals surface area contributed by atoms with Crippen LogP contribution in [0.5, 0.6) is 23.0 Å². The fraction of sp³-hybridized carbons (Fsp3) is 0.259. The summed E-state index contributed by atoms with van der Waals surface area (Å²) < 4.78 is 20.9. The number of hydrogen-bond acceptors (Lipinski definition) is 9. The van der Waals surface area contributed by atoms with Crippen molar-refractivity contribution in [2.75, 3.05) is 14.2 Å². The highest BCUT2D eigenvalue weighted by atomic mass is 35.5. The molecule has 2 aromatic carbocycles. The van der Waals surface area contributed by atoms with Crippen molar-refractivity contribution in [1.82, 2.24) is 0 Å². The standard InChI is InChI=1S/C27H30N2O8.2ClH/c1-16(28)26(32)36-22-11-7-18(13-24(22)34-3)5-9-20(30)15-21(31)10-6-19-8-12-23(25(14-19)35-4)37-27(33)17(2)29;;/h5-14,16-17H,15,28-29H2,1-4H3;2*1H/p-1/b9-5+,10-6+;;/t16-,17-;;/m0../s1. The van der Waals surface area contributed by atoms with Crippen molar-refractivity contribution in [3.63, 3.8) is 0 Å². The first-order chi connectivity index (χ1) is 17.5. The van der Waals surface area contributed by atoms with Gasteiger partial charge in [-0.05, 0) is 61.4 Å². The number of quaternary nitrogens is 1. The zero-order valence-electron chi connectivity index (χ0n) is 21.9. The first-order valence-electron chi connectivity index (χ1n) is 11.3. The zero-order valence-corrected chi connectivity index (χ0v) is 23.5. The number of rotatable bonds is 12. The van der Waals surface area contributed by atoms with Crippen molar-refractivity contribution >= 4 is 35.7 Å². The molecule has 2 aromatic rings. The molecule has 0 unspecified atom stereocenters. The van der Waals surface area contributed by atoms with Crippen LogP contribution >= 0.6 is 0 Å². The summed E-state index contributed by atoms with van der Waals surface area (Å²) in [5.41, 5.74) is 10.3. The van der Waals surface area contributed by atoms with Gasteiger partial charge >= 0.3 is 11.9 Å². The average Bonchev–Trinajstić information content (AvgIpc) is 2.87. The van der Waals surface area contributed by atoms with Gasteiger partial charge in [0.05, 0.1) is 20.6 Å². The minimum absolute atomic E-state index is 0. The van der Waals surface area contributed by atoms with Crippen molar-refractivity contribution in [3.8, 4) is 23.0 Å². The minimum Gasteiger partial charge on any atom is -1.00 e. The van der Waals surface area contributed by atoms with Gasteiger partial charge in [0.25, 0.3) is 0 Å². The lowest BCUT2D eigenvalue weighted by atomic mass is 10.1. The zero-order chi connectivity index (χ0) is 27.5. The molecule has 0 aliphatic rings. The molecule has 0 spiro atoms. The molecule has 0 saturated heterocycles. The van der Waals surface area contributed by atoms with Crippen molar-refractivity contribution in [1.29, 1.82) is 0 Å². The Morgan fingerprint density at radius 3 is 1.54 bits per heavy atom. The van der Waals surface area contributed by atoms with Gasteiger partial charge in [-0.2, -0.15) is 0 Å². The first-order valence-corrected chi connectivity index (χ1v) is 11.3. The molecular weight excluding hydrogens is 551 g/mol. The number of allylic oxidation sites excluding steroid dienone is 2. The second kappa shape index (κ2) is 17.0. The van der Waals surface area contributed by atoms with Gasteiger partial charge in [0, 0.05) is 0 Å². The van der Waals surface area contributed by atoms with Crippen molar-refractivity contribution in [2.45, 2.75) is 32.4 Å². The molecule has 10 nitrogen and oxygen atoms in total. The quantitative estimate of drug-likeness (QED) is 0.109. The minimum atomic E-state index is -0.790. The van der Waals surface area contributed by atoms with Gasteiger partial charge in [0.2, 0.25) is 0 Å². The molecule has 0 bridgehead atoms. The number of carbonyl (C=O) groups excluding carboxylic acids is 4. The van der Waals surface area contributed by atoms with Crippen molar-refractivity contribution < 1.29 is 68.7 Å². The molecular formula is C27H31Cl2N2O8-. The number of carbonyl (C=O) groups is 4. The summed E-state index contributed by atoms with van der Waals surface area (Å²) in [6, 6.07) is 8.20. The summed E-state index contributed by atoms with van der Waals surface area (Å²) >= 11 is 0. The molecule has 5 N–H and O–H groups in total. The van der Waals surface area contributed by atoms with Crippen LogP contribution in [0.2, 0.25) is 0 Å². The molecule has 0 radical (unpaired) electrons. The van der Waals surface area contributed by atoms with Crippen LogP contribution < -0.4 is 55.2 Å². The van der Waals surface area contributed by atoms with E-state index in [0.717, 1.165) is 0 Å². The van der Waals surface area contributed by atoms with E-state index in [0.29, 0.717) is 22.6 Å². The maximum atomic E-state index is 12.3. The van der Waals surface area contributed by atoms with Crippen molar-refractivity contribution in [3.05, 3.63) is 59.7 Å². The van der Waals surface area contributed by atoms with Gasteiger partial charge in [-0.3, -0.25) is 9.59 Å². The van der Waals surface area contributed by atoms with Crippen molar-refractivity contribution in [2.24, 2.45) is 5.73 Å². The van der Waals surface area contributed by atoms with Gasteiger partial charge < -0.3 is 55.2 Å². The van der Waals surface area contributed by atoms with Gasteiger partial charge in [0.1, 0.15) is 6.04 Å². The molecule has 0 saturated carbocycles. The van der Waals surface area contributed by atoms with E-state index in [2.05, 4.69) is 5.73 Å². The monoisotopic (exact) mass is 581 g/mol. The highest BCUT2D eigenvalue weighted by molar-refractivity contribution is 6.10. The molecule has 39 heavy (non-hydrogen) atoms. The number of ether oxygens (including phenoxy) is 4. The summed E-state index contributed by atoms with van der Waals surface area (Å²) in [5.74, 6) is -0.853. The molecule has 0 amide bonds. The molecule has 0 aromatic heterocycles. The lowest BCUT2D eigenvalue weighted by Gasteiger charge is -2.11. The number of methoxy groups -OCH3 is 2. The van der Waals surface area contributed by atoms with Gasteiger partial charge in [-0.15, -0.1) is 0 Å². The van der Waals surface area contributed by atoms with E-state index in [4.69, 9.17) is 24.7 Å². The molecule has 0 heterocycles. The molecule has 0 fully saturated rings. The molecule has 2 rings (SSSR count). The Morgan fingerprint density at radius 1 is 0.769 bits per heavy atom. The average molecular weight is 582 g/mol. The number of ketones is 2. The lowest BCUT2D eigenvalue weighted by molar-refractivity contribution is -0.401. The van der Waals surface area contributed by atoms with Crippen LogP contribution in [0.4, 0.5) is 0 Å². The van der Waals surface area contributed by atoms with E-state index in [9.17, 15) is 19.2 Å². The lowest BCUT2D eigenvalue weighted by Crippen LogP contribution is -3.00. The Morgan fingerprint density at radius 2 is 1.18 bits per heavy atom. The fourth-order valence-corrected chi connectivity index (χ4v) is 2.82. The molecule has 0 aliphatic heterocycles. The molecule has 212 valence electrons. The van der Waals surface area contributed by atoms with Crippen LogP contribution in [0.1, 0.15) is 31.4 Å². The summed E-state index contributed by atoms with van der Waals surface area (Å²) in [5, 5.41) is 0. The smallest absolute Gasteiger partial charge is 0.369 e. The fourth-order valence-electron chi connectivity index (χ4n) is 2.82. The van der Waals surface area contributed by atoms with Crippen LogP contribution in [0.25, 0.3) is 12.2 Å². The summed E-state index contributed by atoms with van der Waals surface area (Å²) in [4.78, 5) is 48.0. The van der Waals surface area contributed by atoms with E-state index < -0.39 is 35.6 Å². The number of nitrogens with two attached hydrogens (primary N) is 1. The van der Waals surface area contributed by atoms with E-state index in [1.54, 1.807) is 37.3 Å². The summed E-state index contributed by atoms with van der Waals surface area (Å²) in [6.45, 7) is 3.12. The highest BCUT2D eigenvalue weighted by Crippen LogP contribution is 2.30. The number of benzene rings is 2. The predicted molar refractivity (Wildman–Crippen MR) is 136 cm³/mol. The Bertz CT molecular complexity index is 1130. The van der Waals surface area contributed by atoms with Crippen LogP contribution in [0.3, 0.4) is 0 Å². The van der Waals surface area contributed by atoms with Crippen LogP contribution in [-0.4, -0.2) is 49.8 Å². The second-order valence-corrected chi connectivity index (χ2v) is 8.13. The maximum Gasteiger partial charge on any atom is 0.369 e. The largest absolute Gasteiger partial charge is 1.00 e. The number of esters is 2. The highest BCUT2D eigenvalue weighted by Gasteiger charge is 2.17. The van der Waals surface area contributed by atoms with Gasteiger partial charge in [0.15, 0.2) is 40.6 Å². The third-order valence-electron chi connectivity index (χ3n) is 4.84. The second-order valence-electron chi connectivity index (χ2n) is 8.13. The van der Waals surface area contributed by atoms with Crippen LogP contribution in [-0.2, 0) is 19.2 Å². The molecule has 0 aliphatic carbocycles. The van der Waals surface area contributed by atoms with E-state index in [1.165, 1.54) is 51.5 Å². The van der Waals surface area contributed by atoms with E-state index >= 15 is 0 Å². The van der Waals surface area contributed by atoms with Gasteiger partial charge in [-0.25, -0.2) is 9.59 Å². The normalized spacial score (nSPS) is 12.1. The first kappa shape index (κ1) is 35.3. The SMILES string of the molecule is COc1cc(/C=C/C(=O)CC(=O)/C=C/c2ccc(OC(=O)[C@H](C)[NH3+])c(OC)c2)ccc1OC(=O)[C@H](C)N.[Cl-].[Cl-]. The Labute approximate surface area is 239 Å². The number of halogens is 2. The topological polar surface area (TPSA) is 159 Å². The number of hydrogen-bond donors (Lipinski definition) is 2. The molecule has 12 heteroatoms. The Balaban J connectivity index is 0.00000722. The summed E-state index contributed by atoms with van der Waals surface area (Å²) in [6.07, 6.45) is 5.29. The predicted octanol–water partition coefficient (Wildman–Crippen LogP) is -4.24. The van der Waals surface area contributed by atoms with Crippen LogP contribution in [0, 0.1) is 0 Å². The Hall–Kier alpha value is -3.70. The van der Waals surface area contributed by atoms with E-state index in [-0.39, 0.29) is 42.7 Å². The van der Waals surface area contributed by atoms with Gasteiger partial charge in [-0.1, -0.05) is 24.3 Å².